The standard InChI is InChI=1S/C34H40FN5O2S/c1-2-25-18-27(35)19-30(34(36)41)33(25)43-28-11-12-29-26(23-40(31(29)20-28)32-8-3-6-17-42-32)10-9-24-21-37-39(22-24)16-7-15-38-13-4-5-14-38/h9-12,18-23,32H,2-8,13-17H2,1H3,(H2,36,41)/b10-9+. The first-order valence-corrected chi connectivity index (χ1v) is 16.3. The number of amides is 1. The van der Waals surface area contributed by atoms with E-state index in [9.17, 15) is 9.18 Å². The molecule has 4 aromatic rings. The van der Waals surface area contributed by atoms with Gasteiger partial charge in [0.1, 0.15) is 12.0 Å². The molecular formula is C34H40FN5O2S. The molecule has 2 aliphatic rings. The third kappa shape index (κ3) is 6.89. The molecule has 6 rings (SSSR count). The van der Waals surface area contributed by atoms with Crippen molar-refractivity contribution in [1.82, 2.24) is 19.2 Å². The second-order valence-electron chi connectivity index (χ2n) is 11.5. The number of halogens is 1. The van der Waals surface area contributed by atoms with E-state index in [0.29, 0.717) is 11.3 Å². The smallest absolute Gasteiger partial charge is 0.249 e. The summed E-state index contributed by atoms with van der Waals surface area (Å²) in [5, 5.41) is 5.71. The van der Waals surface area contributed by atoms with Gasteiger partial charge in [-0.15, -0.1) is 0 Å². The molecule has 0 spiro atoms. The van der Waals surface area contributed by atoms with Gasteiger partial charge >= 0.3 is 0 Å². The van der Waals surface area contributed by atoms with Crippen LogP contribution in [0.3, 0.4) is 0 Å². The summed E-state index contributed by atoms with van der Waals surface area (Å²) < 4.78 is 24.7. The van der Waals surface area contributed by atoms with E-state index >= 15 is 0 Å². The van der Waals surface area contributed by atoms with Crippen molar-refractivity contribution in [3.8, 4) is 0 Å². The van der Waals surface area contributed by atoms with Gasteiger partial charge in [-0.3, -0.25) is 9.48 Å². The Morgan fingerprint density at radius 1 is 1.12 bits per heavy atom. The summed E-state index contributed by atoms with van der Waals surface area (Å²) in [6.07, 6.45) is 18.0. The number of rotatable bonds is 11. The summed E-state index contributed by atoms with van der Waals surface area (Å²) in [4.78, 5) is 16.4. The van der Waals surface area contributed by atoms with Crippen molar-refractivity contribution in [2.45, 2.75) is 74.4 Å². The minimum Gasteiger partial charge on any atom is -0.366 e. The first kappa shape index (κ1) is 29.7. The van der Waals surface area contributed by atoms with Crippen LogP contribution in [0.1, 0.15) is 78.7 Å². The molecule has 0 bridgehead atoms. The molecule has 9 heteroatoms. The molecule has 1 unspecified atom stereocenters. The average molecular weight is 602 g/mol. The summed E-state index contributed by atoms with van der Waals surface area (Å²) in [6.45, 7) is 7.22. The summed E-state index contributed by atoms with van der Waals surface area (Å²) in [7, 11) is 0. The fraction of sp³-hybridized carbons (Fsp3) is 0.412. The number of aromatic nitrogens is 3. The van der Waals surface area contributed by atoms with Crippen LogP contribution in [0.15, 0.2) is 58.7 Å². The molecule has 7 nitrogen and oxygen atoms in total. The summed E-state index contributed by atoms with van der Waals surface area (Å²) in [5.74, 6) is -1.07. The van der Waals surface area contributed by atoms with Gasteiger partial charge in [0.2, 0.25) is 5.91 Å². The number of carbonyl (C=O) groups excluding carboxylic acids is 1. The SMILES string of the molecule is CCc1cc(F)cc(C(N)=O)c1Sc1ccc2c(/C=C/c3cnn(CCCN4CCCC4)c3)cn(C3CCCCO3)c2c1. The number of ether oxygens (including phenoxy) is 1. The fourth-order valence-electron chi connectivity index (χ4n) is 6.21. The highest BCUT2D eigenvalue weighted by Gasteiger charge is 2.21. The number of carbonyl (C=O) groups is 1. The van der Waals surface area contributed by atoms with Crippen LogP contribution in [-0.4, -0.2) is 51.4 Å². The number of benzene rings is 2. The van der Waals surface area contributed by atoms with Crippen LogP contribution in [0, 0.1) is 5.82 Å². The molecule has 0 aliphatic carbocycles. The van der Waals surface area contributed by atoms with E-state index in [1.807, 2.05) is 17.8 Å². The summed E-state index contributed by atoms with van der Waals surface area (Å²) in [6, 6.07) is 9.05. The lowest BCUT2D eigenvalue weighted by molar-refractivity contribution is -0.0292. The second kappa shape index (κ2) is 13.5. The molecule has 2 fully saturated rings. The predicted molar refractivity (Wildman–Crippen MR) is 171 cm³/mol. The summed E-state index contributed by atoms with van der Waals surface area (Å²) >= 11 is 1.46. The number of primary amides is 1. The number of fused-ring (bicyclic) bond motifs is 1. The Bertz CT molecular complexity index is 1610. The maximum absolute atomic E-state index is 14.2. The molecule has 2 aromatic carbocycles. The first-order valence-electron chi connectivity index (χ1n) is 15.5. The van der Waals surface area contributed by atoms with Crippen molar-refractivity contribution < 1.29 is 13.9 Å². The van der Waals surface area contributed by atoms with Gasteiger partial charge in [0.05, 0.1) is 17.3 Å². The average Bonchev–Trinajstić information content (AvgIpc) is 3.78. The zero-order valence-electron chi connectivity index (χ0n) is 24.8. The lowest BCUT2D eigenvalue weighted by Crippen LogP contribution is -2.21. The zero-order valence-corrected chi connectivity index (χ0v) is 25.6. The topological polar surface area (TPSA) is 78.3 Å². The van der Waals surface area contributed by atoms with E-state index in [4.69, 9.17) is 10.5 Å². The highest BCUT2D eigenvalue weighted by atomic mass is 32.2. The highest BCUT2D eigenvalue weighted by molar-refractivity contribution is 7.99. The molecule has 2 N–H and O–H groups in total. The Hall–Kier alpha value is -3.40. The van der Waals surface area contributed by atoms with E-state index in [1.54, 1.807) is 0 Å². The fourth-order valence-corrected chi connectivity index (χ4v) is 7.35. The predicted octanol–water partition coefficient (Wildman–Crippen LogP) is 7.14. The Balaban J connectivity index is 1.27. The van der Waals surface area contributed by atoms with Crippen LogP contribution in [0.5, 0.6) is 0 Å². The van der Waals surface area contributed by atoms with Gasteiger partial charge in [-0.2, -0.15) is 5.10 Å². The Labute approximate surface area is 256 Å². The highest BCUT2D eigenvalue weighted by Crippen LogP contribution is 2.38. The third-order valence-electron chi connectivity index (χ3n) is 8.47. The molecule has 2 aromatic heterocycles. The Morgan fingerprint density at radius 2 is 1.98 bits per heavy atom. The molecule has 0 radical (unpaired) electrons. The normalized spacial score (nSPS) is 17.9. The van der Waals surface area contributed by atoms with Gasteiger partial charge in [0.25, 0.3) is 0 Å². The lowest BCUT2D eigenvalue weighted by Gasteiger charge is -2.25. The van der Waals surface area contributed by atoms with Crippen LogP contribution in [0.2, 0.25) is 0 Å². The van der Waals surface area contributed by atoms with Crippen molar-refractivity contribution in [3.05, 3.63) is 77.0 Å². The van der Waals surface area contributed by atoms with Crippen molar-refractivity contribution in [1.29, 1.82) is 0 Å². The van der Waals surface area contributed by atoms with Gasteiger partial charge in [-0.1, -0.05) is 36.9 Å². The van der Waals surface area contributed by atoms with E-state index in [2.05, 4.69) is 57.3 Å². The number of hydrogen-bond donors (Lipinski definition) is 1. The van der Waals surface area contributed by atoms with Crippen LogP contribution in [0.25, 0.3) is 23.1 Å². The summed E-state index contributed by atoms with van der Waals surface area (Å²) in [5.41, 5.74) is 9.89. The quantitative estimate of drug-likeness (QED) is 0.198. The van der Waals surface area contributed by atoms with Crippen molar-refractivity contribution in [2.24, 2.45) is 5.73 Å². The first-order chi connectivity index (χ1) is 21.0. The molecule has 2 saturated heterocycles. The van der Waals surface area contributed by atoms with Crippen molar-refractivity contribution in [3.63, 3.8) is 0 Å². The number of nitrogens with zero attached hydrogens (tertiary/aromatic N) is 4. The number of likely N-dealkylation sites (tertiary alicyclic amines) is 1. The van der Waals surface area contributed by atoms with E-state index in [0.717, 1.165) is 77.9 Å². The minimum atomic E-state index is -0.626. The van der Waals surface area contributed by atoms with Crippen molar-refractivity contribution >= 4 is 40.7 Å². The lowest BCUT2D eigenvalue weighted by atomic mass is 10.1. The molecular weight excluding hydrogens is 561 g/mol. The Morgan fingerprint density at radius 3 is 2.74 bits per heavy atom. The van der Waals surface area contributed by atoms with Gasteiger partial charge < -0.3 is 19.9 Å². The van der Waals surface area contributed by atoms with E-state index in [1.165, 1.54) is 49.8 Å². The molecule has 226 valence electrons. The largest absolute Gasteiger partial charge is 0.366 e. The van der Waals surface area contributed by atoms with E-state index < -0.39 is 11.7 Å². The molecule has 1 amide bonds. The zero-order chi connectivity index (χ0) is 29.8. The Kier molecular flexibility index (Phi) is 9.31. The van der Waals surface area contributed by atoms with Gasteiger partial charge in [-0.05, 0) is 94.4 Å². The van der Waals surface area contributed by atoms with Crippen LogP contribution in [0.4, 0.5) is 4.39 Å². The molecule has 43 heavy (non-hydrogen) atoms. The minimum absolute atomic E-state index is 0.0322. The van der Waals surface area contributed by atoms with Crippen LogP contribution >= 0.6 is 11.8 Å². The van der Waals surface area contributed by atoms with Gasteiger partial charge in [0, 0.05) is 51.8 Å². The molecule has 1 atom stereocenters. The second-order valence-corrected chi connectivity index (χ2v) is 12.6. The number of aryl methyl sites for hydroxylation is 2. The van der Waals surface area contributed by atoms with Crippen LogP contribution < -0.4 is 5.73 Å². The van der Waals surface area contributed by atoms with Crippen molar-refractivity contribution in [2.75, 3.05) is 26.2 Å². The number of nitrogens with two attached hydrogens (primary N) is 1. The van der Waals surface area contributed by atoms with Gasteiger partial charge in [0.15, 0.2) is 0 Å². The molecule has 2 aliphatic heterocycles. The maximum Gasteiger partial charge on any atom is 0.249 e. The van der Waals surface area contributed by atoms with Gasteiger partial charge in [-0.25, -0.2) is 4.39 Å². The van der Waals surface area contributed by atoms with Crippen LogP contribution in [-0.2, 0) is 17.7 Å². The molecule has 0 saturated carbocycles. The third-order valence-corrected chi connectivity index (χ3v) is 9.64. The number of hydrogen-bond acceptors (Lipinski definition) is 5. The maximum atomic E-state index is 14.2. The molecule has 4 heterocycles. The monoisotopic (exact) mass is 601 g/mol. The van der Waals surface area contributed by atoms with E-state index in [-0.39, 0.29) is 11.8 Å².